The van der Waals surface area contributed by atoms with Crippen molar-refractivity contribution in [3.8, 4) is 0 Å². The molecule has 0 bridgehead atoms. The van der Waals surface area contributed by atoms with Crippen LogP contribution < -0.4 is 0 Å². The van der Waals surface area contributed by atoms with Crippen LogP contribution in [0.2, 0.25) is 0 Å². The monoisotopic (exact) mass is 380 g/mol. The lowest BCUT2D eigenvalue weighted by molar-refractivity contribution is -0.132. The third-order valence-corrected chi connectivity index (χ3v) is 6.02. The van der Waals surface area contributed by atoms with Crippen molar-refractivity contribution in [2.75, 3.05) is 13.1 Å². The van der Waals surface area contributed by atoms with Crippen LogP contribution in [0.15, 0.2) is 54.2 Å². The fourth-order valence-corrected chi connectivity index (χ4v) is 4.44. The molecule has 0 radical (unpaired) electrons. The second-order valence-corrected chi connectivity index (χ2v) is 8.20. The maximum Gasteiger partial charge on any atom is 0.227 e. The van der Waals surface area contributed by atoms with E-state index < -0.39 is 0 Å². The summed E-state index contributed by atoms with van der Waals surface area (Å²) >= 11 is 1.65. The van der Waals surface area contributed by atoms with Crippen molar-refractivity contribution in [1.82, 2.24) is 19.7 Å². The Kier molecular flexibility index (Phi) is 5.63. The first-order chi connectivity index (χ1) is 13.3. The summed E-state index contributed by atoms with van der Waals surface area (Å²) in [4.78, 5) is 15.8. The van der Waals surface area contributed by atoms with Crippen molar-refractivity contribution in [1.29, 1.82) is 0 Å². The zero-order valence-corrected chi connectivity index (χ0v) is 16.1. The summed E-state index contributed by atoms with van der Waals surface area (Å²) < 4.78 is 2.13. The predicted molar refractivity (Wildman–Crippen MR) is 107 cm³/mol. The molecule has 3 aromatic rings. The van der Waals surface area contributed by atoms with Gasteiger partial charge in [-0.05, 0) is 35.8 Å². The Labute approximate surface area is 163 Å². The highest BCUT2D eigenvalue weighted by Gasteiger charge is 2.25. The SMILES string of the molecule is O=C(Cc1cccs1)N1CCCC(Cc2nncn2Cc2ccccc2)C1. The lowest BCUT2D eigenvalue weighted by Crippen LogP contribution is -2.41. The maximum absolute atomic E-state index is 12.6. The van der Waals surface area contributed by atoms with Crippen molar-refractivity contribution >= 4 is 17.2 Å². The zero-order valence-electron chi connectivity index (χ0n) is 15.3. The molecule has 1 aliphatic rings. The highest BCUT2D eigenvalue weighted by molar-refractivity contribution is 7.10. The third kappa shape index (κ3) is 4.63. The number of hydrogen-bond donors (Lipinski definition) is 0. The number of amides is 1. The largest absolute Gasteiger partial charge is 0.342 e. The number of aromatic nitrogens is 3. The Bertz CT molecular complexity index is 859. The van der Waals surface area contributed by atoms with Gasteiger partial charge in [-0.3, -0.25) is 4.79 Å². The van der Waals surface area contributed by atoms with Crippen LogP contribution >= 0.6 is 11.3 Å². The fourth-order valence-electron chi connectivity index (χ4n) is 3.74. The molecule has 1 aliphatic heterocycles. The van der Waals surface area contributed by atoms with E-state index in [2.05, 4.69) is 39.0 Å². The van der Waals surface area contributed by atoms with Crippen LogP contribution in [0.1, 0.15) is 29.1 Å². The Morgan fingerprint density at radius 2 is 2.07 bits per heavy atom. The van der Waals surface area contributed by atoms with Crippen LogP contribution in [-0.2, 0) is 24.2 Å². The van der Waals surface area contributed by atoms with Crippen molar-refractivity contribution in [3.05, 3.63) is 70.4 Å². The molecular weight excluding hydrogens is 356 g/mol. The molecule has 27 heavy (non-hydrogen) atoms. The van der Waals surface area contributed by atoms with E-state index in [4.69, 9.17) is 0 Å². The number of carbonyl (C=O) groups excluding carboxylic acids is 1. The lowest BCUT2D eigenvalue weighted by atomic mass is 9.94. The van der Waals surface area contributed by atoms with Crippen LogP contribution in [0, 0.1) is 5.92 Å². The van der Waals surface area contributed by atoms with Crippen molar-refractivity contribution in [2.24, 2.45) is 5.92 Å². The number of hydrogen-bond acceptors (Lipinski definition) is 4. The van der Waals surface area contributed by atoms with E-state index in [1.54, 1.807) is 11.3 Å². The summed E-state index contributed by atoms with van der Waals surface area (Å²) in [5.74, 6) is 1.70. The van der Waals surface area contributed by atoms with Crippen LogP contribution in [0.5, 0.6) is 0 Å². The van der Waals surface area contributed by atoms with Crippen molar-refractivity contribution in [3.63, 3.8) is 0 Å². The molecule has 5 nitrogen and oxygen atoms in total. The van der Waals surface area contributed by atoms with Gasteiger partial charge in [0.2, 0.25) is 5.91 Å². The average molecular weight is 381 g/mol. The number of nitrogens with zero attached hydrogens (tertiary/aromatic N) is 4. The number of likely N-dealkylation sites (tertiary alicyclic amines) is 1. The van der Waals surface area contributed by atoms with Gasteiger partial charge in [0.05, 0.1) is 13.0 Å². The molecule has 0 spiro atoms. The molecule has 0 aliphatic carbocycles. The van der Waals surface area contributed by atoms with E-state index in [0.717, 1.165) is 49.6 Å². The van der Waals surface area contributed by atoms with Gasteiger partial charge in [-0.25, -0.2) is 0 Å². The van der Waals surface area contributed by atoms with E-state index in [-0.39, 0.29) is 5.91 Å². The highest BCUT2D eigenvalue weighted by atomic mass is 32.1. The van der Waals surface area contributed by atoms with Crippen molar-refractivity contribution in [2.45, 2.75) is 32.2 Å². The first-order valence-corrected chi connectivity index (χ1v) is 10.4. The van der Waals surface area contributed by atoms with Crippen LogP contribution in [-0.4, -0.2) is 38.7 Å². The van der Waals surface area contributed by atoms with Crippen LogP contribution in [0.25, 0.3) is 0 Å². The maximum atomic E-state index is 12.6. The second kappa shape index (κ2) is 8.48. The Morgan fingerprint density at radius 3 is 2.89 bits per heavy atom. The van der Waals surface area contributed by atoms with Gasteiger partial charge < -0.3 is 9.47 Å². The van der Waals surface area contributed by atoms with Gasteiger partial charge in [0.15, 0.2) is 0 Å². The summed E-state index contributed by atoms with van der Waals surface area (Å²) in [6.45, 7) is 2.48. The minimum Gasteiger partial charge on any atom is -0.342 e. The summed E-state index contributed by atoms with van der Waals surface area (Å²) in [7, 11) is 0. The Balaban J connectivity index is 1.37. The van der Waals surface area contributed by atoms with E-state index >= 15 is 0 Å². The summed E-state index contributed by atoms with van der Waals surface area (Å²) in [6.07, 6.45) is 5.41. The standard InChI is InChI=1S/C21H24N4OS/c26-21(13-19-9-5-11-27-19)24-10-4-8-18(15-24)12-20-23-22-16-25(20)14-17-6-2-1-3-7-17/h1-3,5-7,9,11,16,18H,4,8,10,12-15H2. The van der Waals surface area contributed by atoms with Gasteiger partial charge in [0.25, 0.3) is 0 Å². The molecule has 3 heterocycles. The number of rotatable bonds is 6. The predicted octanol–water partition coefficient (Wildman–Crippen LogP) is 3.41. The first kappa shape index (κ1) is 17.9. The van der Waals surface area contributed by atoms with E-state index in [9.17, 15) is 4.79 Å². The Hall–Kier alpha value is -2.47. The smallest absolute Gasteiger partial charge is 0.227 e. The van der Waals surface area contributed by atoms with E-state index in [1.807, 2.05) is 34.8 Å². The molecule has 1 unspecified atom stereocenters. The van der Waals surface area contributed by atoms with Gasteiger partial charge in [-0.2, -0.15) is 0 Å². The van der Waals surface area contributed by atoms with Gasteiger partial charge in [0, 0.05) is 24.4 Å². The van der Waals surface area contributed by atoms with Crippen molar-refractivity contribution < 1.29 is 4.79 Å². The number of benzene rings is 1. The van der Waals surface area contributed by atoms with Crippen LogP contribution in [0.4, 0.5) is 0 Å². The fraction of sp³-hybridized carbons (Fsp3) is 0.381. The quantitative estimate of drug-likeness (QED) is 0.658. The van der Waals surface area contributed by atoms with Gasteiger partial charge in [-0.1, -0.05) is 36.4 Å². The molecule has 6 heteroatoms. The highest BCUT2D eigenvalue weighted by Crippen LogP contribution is 2.22. The lowest BCUT2D eigenvalue weighted by Gasteiger charge is -2.32. The average Bonchev–Trinajstić information content (AvgIpc) is 3.35. The molecule has 1 aromatic carbocycles. The molecule has 1 amide bonds. The third-order valence-electron chi connectivity index (χ3n) is 5.14. The second-order valence-electron chi connectivity index (χ2n) is 7.17. The Morgan fingerprint density at radius 1 is 1.19 bits per heavy atom. The van der Waals surface area contributed by atoms with Crippen LogP contribution in [0.3, 0.4) is 0 Å². The van der Waals surface area contributed by atoms with E-state index in [0.29, 0.717) is 12.3 Å². The molecule has 0 saturated carbocycles. The summed E-state index contributed by atoms with van der Waals surface area (Å²) in [5.41, 5.74) is 1.25. The summed E-state index contributed by atoms with van der Waals surface area (Å²) in [5, 5.41) is 10.5. The first-order valence-electron chi connectivity index (χ1n) is 9.48. The molecule has 1 saturated heterocycles. The molecular formula is C21H24N4OS. The minimum atomic E-state index is 0.243. The minimum absolute atomic E-state index is 0.243. The van der Waals surface area contributed by atoms with Gasteiger partial charge in [-0.15, -0.1) is 21.5 Å². The molecule has 2 aromatic heterocycles. The number of piperidine rings is 1. The van der Waals surface area contributed by atoms with Gasteiger partial charge in [0.1, 0.15) is 12.2 Å². The molecule has 4 rings (SSSR count). The molecule has 1 fully saturated rings. The molecule has 0 N–H and O–H groups in total. The van der Waals surface area contributed by atoms with E-state index in [1.165, 1.54) is 5.56 Å². The number of thiophene rings is 1. The normalized spacial score (nSPS) is 17.2. The molecule has 1 atom stereocenters. The molecule has 140 valence electrons. The van der Waals surface area contributed by atoms with Gasteiger partial charge >= 0.3 is 0 Å². The zero-order chi connectivity index (χ0) is 18.5. The summed E-state index contributed by atoms with van der Waals surface area (Å²) in [6, 6.07) is 14.4. The topological polar surface area (TPSA) is 51.0 Å². The number of carbonyl (C=O) groups is 1.